The van der Waals surface area contributed by atoms with E-state index in [1.807, 2.05) is 6.92 Å². The lowest BCUT2D eigenvalue weighted by Gasteiger charge is -2.14. The predicted molar refractivity (Wildman–Crippen MR) is 75.9 cm³/mol. The Labute approximate surface area is 118 Å². The van der Waals surface area contributed by atoms with Crippen molar-refractivity contribution in [1.82, 2.24) is 0 Å². The average molecular weight is 325 g/mol. The molecule has 1 aromatic carbocycles. The quantitative estimate of drug-likeness (QED) is 0.368. The molecule has 0 radical (unpaired) electrons. The maximum Gasteiger partial charge on any atom is 0.336 e. The molecule has 2 aromatic rings. The Kier molecular flexibility index (Phi) is 3.49. The molecule has 0 unspecified atom stereocenters. The number of benzene rings is 1. The number of carbonyl (C=O) groups excluding carboxylic acids is 1. The van der Waals surface area contributed by atoms with Gasteiger partial charge in [-0.15, -0.1) is 0 Å². The fourth-order valence-corrected chi connectivity index (χ4v) is 1.68. The van der Waals surface area contributed by atoms with Gasteiger partial charge < -0.3 is 9.15 Å². The van der Waals surface area contributed by atoms with Gasteiger partial charge in [0.05, 0.1) is 0 Å². The fourth-order valence-electron chi connectivity index (χ4n) is 1.60. The van der Waals surface area contributed by atoms with Crippen LogP contribution in [0.15, 0.2) is 33.5 Å². The summed E-state index contributed by atoms with van der Waals surface area (Å²) in [5, 5.41) is 0.817. The summed E-state index contributed by atoms with van der Waals surface area (Å²) in [6, 6.07) is 6.40. The number of hydrogen-bond donors (Lipinski definition) is 0. The monoisotopic (exact) mass is 324 g/mol. The lowest BCUT2D eigenvalue weighted by atomic mass is 10.1. The smallest absolute Gasteiger partial charge is 0.336 e. The van der Waals surface area contributed by atoms with Crippen molar-refractivity contribution in [2.24, 2.45) is 0 Å². The molecule has 4 nitrogen and oxygen atoms in total. The van der Waals surface area contributed by atoms with E-state index in [-0.39, 0.29) is 0 Å². The molecule has 1 heterocycles. The Hall–Kier alpha value is -1.62. The van der Waals surface area contributed by atoms with Crippen molar-refractivity contribution in [2.75, 3.05) is 0 Å². The van der Waals surface area contributed by atoms with Gasteiger partial charge in [-0.05, 0) is 38.5 Å². The third kappa shape index (κ3) is 3.04. The van der Waals surface area contributed by atoms with Gasteiger partial charge in [0.25, 0.3) is 0 Å². The van der Waals surface area contributed by atoms with Crippen molar-refractivity contribution in [1.29, 1.82) is 0 Å². The van der Waals surface area contributed by atoms with Crippen molar-refractivity contribution < 1.29 is 13.9 Å². The van der Waals surface area contributed by atoms with E-state index in [0.717, 1.165) is 10.9 Å². The number of carbonyl (C=O) groups is 1. The SMILES string of the molecule is Cc1cc(=O)oc2cc(OC(=O)C(C)(C)Br)ccc12. The first-order valence-corrected chi connectivity index (χ1v) is 6.52. The first-order valence-electron chi connectivity index (χ1n) is 5.73. The van der Waals surface area contributed by atoms with Crippen LogP contribution in [0.5, 0.6) is 5.75 Å². The number of rotatable bonds is 2. The number of esters is 1. The van der Waals surface area contributed by atoms with E-state index in [1.54, 1.807) is 32.0 Å². The number of alkyl halides is 1. The Morgan fingerprint density at radius 3 is 2.63 bits per heavy atom. The summed E-state index contributed by atoms with van der Waals surface area (Å²) in [5.41, 5.74) is 0.807. The minimum Gasteiger partial charge on any atom is -0.425 e. The van der Waals surface area contributed by atoms with Gasteiger partial charge in [0.15, 0.2) is 0 Å². The van der Waals surface area contributed by atoms with Crippen LogP contribution in [0, 0.1) is 6.92 Å². The van der Waals surface area contributed by atoms with Crippen LogP contribution < -0.4 is 10.4 Å². The normalized spacial score (nSPS) is 11.6. The third-order valence-corrected chi connectivity index (χ3v) is 2.94. The molecule has 0 amide bonds. The Morgan fingerprint density at radius 2 is 2.00 bits per heavy atom. The molecular weight excluding hydrogens is 312 g/mol. The van der Waals surface area contributed by atoms with Crippen molar-refractivity contribution in [2.45, 2.75) is 25.1 Å². The molecule has 0 aliphatic rings. The van der Waals surface area contributed by atoms with Gasteiger partial charge in [0.2, 0.25) is 0 Å². The molecule has 1 aromatic heterocycles. The highest BCUT2D eigenvalue weighted by molar-refractivity contribution is 9.10. The van der Waals surface area contributed by atoms with E-state index in [1.165, 1.54) is 6.07 Å². The number of halogens is 1. The van der Waals surface area contributed by atoms with E-state index in [4.69, 9.17) is 9.15 Å². The summed E-state index contributed by atoms with van der Waals surface area (Å²) < 4.78 is 9.54. The molecule has 5 heteroatoms. The zero-order valence-electron chi connectivity index (χ0n) is 10.8. The highest BCUT2D eigenvalue weighted by Gasteiger charge is 2.26. The molecule has 19 heavy (non-hydrogen) atoms. The zero-order chi connectivity index (χ0) is 14.2. The lowest BCUT2D eigenvalue weighted by molar-refractivity contribution is -0.136. The lowest BCUT2D eigenvalue weighted by Crippen LogP contribution is -2.29. The maximum absolute atomic E-state index is 11.7. The van der Waals surface area contributed by atoms with Crippen LogP contribution >= 0.6 is 15.9 Å². The van der Waals surface area contributed by atoms with Crippen LogP contribution in [0.4, 0.5) is 0 Å². The van der Waals surface area contributed by atoms with E-state index >= 15 is 0 Å². The minimum absolute atomic E-state index is 0.346. The predicted octanol–water partition coefficient (Wildman–Crippen LogP) is 3.18. The summed E-state index contributed by atoms with van der Waals surface area (Å²) in [5.74, 6) is -0.0689. The molecule has 0 saturated carbocycles. The second-order valence-electron chi connectivity index (χ2n) is 4.77. The standard InChI is InChI=1S/C14H13BrO4/c1-8-6-12(16)19-11-7-9(4-5-10(8)11)18-13(17)14(2,3)15/h4-7H,1-3H3. The maximum atomic E-state index is 11.7. The molecule has 0 fully saturated rings. The second-order valence-corrected chi connectivity index (χ2v) is 6.75. The fraction of sp³-hybridized carbons (Fsp3) is 0.286. The number of hydrogen-bond acceptors (Lipinski definition) is 4. The Bertz CT molecular complexity index is 695. The average Bonchev–Trinajstić information content (AvgIpc) is 2.26. The van der Waals surface area contributed by atoms with Gasteiger partial charge in [-0.3, -0.25) is 4.79 Å². The van der Waals surface area contributed by atoms with Crippen LogP contribution in [0.25, 0.3) is 11.0 Å². The van der Waals surface area contributed by atoms with Crippen LogP contribution in [0.1, 0.15) is 19.4 Å². The van der Waals surface area contributed by atoms with Crippen molar-refractivity contribution in [3.05, 3.63) is 40.2 Å². The van der Waals surface area contributed by atoms with Gasteiger partial charge in [-0.25, -0.2) is 4.79 Å². The van der Waals surface area contributed by atoms with Crippen molar-refractivity contribution in [3.8, 4) is 5.75 Å². The molecule has 0 aliphatic heterocycles. The van der Waals surface area contributed by atoms with Gasteiger partial charge in [0.1, 0.15) is 15.7 Å². The molecule has 0 aliphatic carbocycles. The summed E-state index contributed by atoms with van der Waals surface area (Å²) in [6.45, 7) is 5.22. The van der Waals surface area contributed by atoms with Crippen LogP contribution in [-0.4, -0.2) is 10.3 Å². The molecule has 0 saturated heterocycles. The summed E-state index contributed by atoms with van der Waals surface area (Å²) in [4.78, 5) is 23.1. The molecule has 100 valence electrons. The van der Waals surface area contributed by atoms with Gasteiger partial charge >= 0.3 is 11.6 Å². The first kappa shape index (κ1) is 13.8. The first-order chi connectivity index (χ1) is 8.77. The number of fused-ring (bicyclic) bond motifs is 1. The molecule has 0 N–H and O–H groups in total. The van der Waals surface area contributed by atoms with E-state index in [9.17, 15) is 9.59 Å². The molecule has 0 atom stereocenters. The van der Waals surface area contributed by atoms with Crippen LogP contribution in [0.2, 0.25) is 0 Å². The van der Waals surface area contributed by atoms with Crippen LogP contribution in [0.3, 0.4) is 0 Å². The van der Waals surface area contributed by atoms with Gasteiger partial charge in [0, 0.05) is 17.5 Å². The van der Waals surface area contributed by atoms with Gasteiger partial charge in [-0.1, -0.05) is 15.9 Å². The van der Waals surface area contributed by atoms with E-state index in [0.29, 0.717) is 11.3 Å². The largest absolute Gasteiger partial charge is 0.425 e. The van der Waals surface area contributed by atoms with Crippen molar-refractivity contribution in [3.63, 3.8) is 0 Å². The molecule has 0 bridgehead atoms. The number of ether oxygens (including phenoxy) is 1. The van der Waals surface area contributed by atoms with Crippen LogP contribution in [-0.2, 0) is 4.79 Å². The summed E-state index contributed by atoms with van der Waals surface area (Å²) in [6.07, 6.45) is 0. The summed E-state index contributed by atoms with van der Waals surface area (Å²) in [7, 11) is 0. The van der Waals surface area contributed by atoms with Crippen molar-refractivity contribution >= 4 is 32.9 Å². The Balaban J connectivity index is 2.42. The molecule has 2 rings (SSSR count). The van der Waals surface area contributed by atoms with E-state index < -0.39 is 15.9 Å². The zero-order valence-corrected chi connectivity index (χ0v) is 12.4. The molecular formula is C14H13BrO4. The highest BCUT2D eigenvalue weighted by Crippen LogP contribution is 2.25. The second kappa shape index (κ2) is 4.81. The Morgan fingerprint density at radius 1 is 1.32 bits per heavy atom. The topological polar surface area (TPSA) is 56.5 Å². The third-order valence-electron chi connectivity index (χ3n) is 2.62. The van der Waals surface area contributed by atoms with E-state index in [2.05, 4.69) is 15.9 Å². The molecule has 0 spiro atoms. The minimum atomic E-state index is -0.768. The van der Waals surface area contributed by atoms with Gasteiger partial charge in [-0.2, -0.15) is 0 Å². The highest BCUT2D eigenvalue weighted by atomic mass is 79.9. The summed E-state index contributed by atoms with van der Waals surface area (Å²) >= 11 is 3.23. The number of aryl methyl sites for hydroxylation is 1.